The molecule has 0 fully saturated rings. The molecule has 6 rings (SSSR count). The first-order valence-electron chi connectivity index (χ1n) is 12.5. The Morgan fingerprint density at radius 2 is 2.00 bits per heavy atom. The molecule has 0 bridgehead atoms. The largest absolute Gasteiger partial charge is 0.478 e. The number of aromatic carboxylic acids is 1. The fraction of sp³-hybridized carbons (Fsp3) is 0.214. The maximum absolute atomic E-state index is 14.5. The molecule has 2 aromatic carbocycles. The van der Waals surface area contributed by atoms with Gasteiger partial charge < -0.3 is 20.5 Å². The van der Waals surface area contributed by atoms with Crippen molar-refractivity contribution in [3.63, 3.8) is 0 Å². The highest BCUT2D eigenvalue weighted by atomic mass is 19.1. The summed E-state index contributed by atoms with van der Waals surface area (Å²) in [5, 5.41) is 19.0. The van der Waals surface area contributed by atoms with Gasteiger partial charge in [0.05, 0.1) is 24.2 Å². The molecular formula is C28H22FN5O6. The van der Waals surface area contributed by atoms with Gasteiger partial charge in [-0.1, -0.05) is 12.1 Å². The van der Waals surface area contributed by atoms with E-state index in [4.69, 9.17) is 4.74 Å². The molecule has 40 heavy (non-hydrogen) atoms. The average Bonchev–Trinajstić information content (AvgIpc) is 3.62. The highest BCUT2D eigenvalue weighted by molar-refractivity contribution is 5.98. The maximum atomic E-state index is 14.5. The van der Waals surface area contributed by atoms with Crippen LogP contribution < -0.4 is 15.4 Å². The molecule has 12 heteroatoms. The third-order valence-electron chi connectivity index (χ3n) is 7.26. The SMILES string of the molecule is Cc1c(C(=O)O)ccc2c1CC[C@@H]2NC(=O)c1cc(C(=O)NCc2ccc3c(c2)CC(=O)O3)nc2c(F)cnn12. The normalized spacial score (nSPS) is 15.4. The van der Waals surface area contributed by atoms with E-state index in [0.717, 1.165) is 33.0 Å². The number of hydrogen-bond donors (Lipinski definition) is 3. The summed E-state index contributed by atoms with van der Waals surface area (Å²) in [6, 6.07) is 9.18. The van der Waals surface area contributed by atoms with E-state index in [9.17, 15) is 28.7 Å². The molecule has 3 N–H and O–H groups in total. The van der Waals surface area contributed by atoms with Crippen LogP contribution in [0.3, 0.4) is 0 Å². The molecule has 11 nitrogen and oxygen atoms in total. The summed E-state index contributed by atoms with van der Waals surface area (Å²) in [6.07, 6.45) is 2.21. The van der Waals surface area contributed by atoms with E-state index >= 15 is 0 Å². The lowest BCUT2D eigenvalue weighted by Gasteiger charge is -2.16. The highest BCUT2D eigenvalue weighted by Crippen LogP contribution is 2.35. The molecule has 0 unspecified atom stereocenters. The molecule has 1 atom stereocenters. The molecule has 0 saturated carbocycles. The van der Waals surface area contributed by atoms with Gasteiger partial charge >= 0.3 is 11.9 Å². The number of esters is 1. The highest BCUT2D eigenvalue weighted by Gasteiger charge is 2.29. The Labute approximate surface area is 226 Å². The Morgan fingerprint density at radius 3 is 2.80 bits per heavy atom. The minimum absolute atomic E-state index is 0.0837. The third kappa shape index (κ3) is 4.32. The summed E-state index contributed by atoms with van der Waals surface area (Å²) < 4.78 is 20.6. The lowest BCUT2D eigenvalue weighted by molar-refractivity contribution is -0.131. The smallest absolute Gasteiger partial charge is 0.335 e. The summed E-state index contributed by atoms with van der Waals surface area (Å²) in [5.41, 5.74) is 3.46. The monoisotopic (exact) mass is 543 g/mol. The number of halogens is 1. The van der Waals surface area contributed by atoms with Crippen molar-refractivity contribution in [3.05, 3.63) is 93.2 Å². The molecule has 4 aromatic rings. The number of nitrogens with zero attached hydrogens (tertiary/aromatic N) is 3. The molecule has 3 heterocycles. The number of rotatable bonds is 6. The van der Waals surface area contributed by atoms with Crippen LogP contribution in [0.4, 0.5) is 4.39 Å². The van der Waals surface area contributed by atoms with Gasteiger partial charge in [-0.25, -0.2) is 18.7 Å². The number of carbonyl (C=O) groups is 4. The van der Waals surface area contributed by atoms with Crippen LogP contribution >= 0.6 is 0 Å². The molecule has 1 aliphatic carbocycles. The van der Waals surface area contributed by atoms with Crippen molar-refractivity contribution in [2.45, 2.75) is 38.8 Å². The molecule has 0 saturated heterocycles. The molecule has 1 aliphatic heterocycles. The summed E-state index contributed by atoms with van der Waals surface area (Å²) in [5.74, 6) is -2.89. The predicted molar refractivity (Wildman–Crippen MR) is 137 cm³/mol. The van der Waals surface area contributed by atoms with Crippen LogP contribution in [0.1, 0.15) is 71.6 Å². The minimum atomic E-state index is -1.02. The Kier molecular flexibility index (Phi) is 6.01. The molecule has 2 aliphatic rings. The van der Waals surface area contributed by atoms with Gasteiger partial charge in [0.2, 0.25) is 0 Å². The van der Waals surface area contributed by atoms with E-state index in [0.29, 0.717) is 24.2 Å². The van der Waals surface area contributed by atoms with E-state index in [1.807, 2.05) is 0 Å². The Bertz CT molecular complexity index is 1760. The van der Waals surface area contributed by atoms with Crippen molar-refractivity contribution in [1.82, 2.24) is 25.2 Å². The molecule has 202 valence electrons. The summed E-state index contributed by atoms with van der Waals surface area (Å²) in [7, 11) is 0. The van der Waals surface area contributed by atoms with Gasteiger partial charge in [0.15, 0.2) is 11.5 Å². The van der Waals surface area contributed by atoms with Crippen LogP contribution in [0, 0.1) is 12.7 Å². The second-order valence-electron chi connectivity index (χ2n) is 9.71. The molecular weight excluding hydrogens is 521 g/mol. The van der Waals surface area contributed by atoms with Gasteiger partial charge in [-0.15, -0.1) is 0 Å². The van der Waals surface area contributed by atoms with Crippen molar-refractivity contribution in [3.8, 4) is 5.75 Å². The Balaban J connectivity index is 1.24. The lowest BCUT2D eigenvalue weighted by Crippen LogP contribution is -2.30. The topological polar surface area (TPSA) is 152 Å². The van der Waals surface area contributed by atoms with E-state index in [-0.39, 0.29) is 41.5 Å². The first kappa shape index (κ1) is 25.2. The van der Waals surface area contributed by atoms with E-state index < -0.39 is 29.6 Å². The number of aromatic nitrogens is 3. The number of amides is 2. The first-order chi connectivity index (χ1) is 19.2. The van der Waals surface area contributed by atoms with Crippen molar-refractivity contribution < 1.29 is 33.4 Å². The van der Waals surface area contributed by atoms with E-state index in [2.05, 4.69) is 20.7 Å². The predicted octanol–water partition coefficient (Wildman–Crippen LogP) is 2.68. The van der Waals surface area contributed by atoms with Gasteiger partial charge in [-0.3, -0.25) is 14.4 Å². The molecule has 0 radical (unpaired) electrons. The van der Waals surface area contributed by atoms with Crippen LogP contribution in [0.15, 0.2) is 42.6 Å². The summed E-state index contributed by atoms with van der Waals surface area (Å²) in [6.45, 7) is 1.85. The zero-order valence-corrected chi connectivity index (χ0v) is 21.2. The van der Waals surface area contributed by atoms with Crippen LogP contribution in [0.2, 0.25) is 0 Å². The Hall–Kier alpha value is -5.13. The molecule has 2 aromatic heterocycles. The Morgan fingerprint density at radius 1 is 1.18 bits per heavy atom. The number of carboxylic acid groups (broad SMARTS) is 1. The fourth-order valence-electron chi connectivity index (χ4n) is 5.28. The molecule has 0 spiro atoms. The second-order valence-corrected chi connectivity index (χ2v) is 9.71. The quantitative estimate of drug-likeness (QED) is 0.248. The van der Waals surface area contributed by atoms with Crippen molar-refractivity contribution in [1.29, 1.82) is 0 Å². The average molecular weight is 544 g/mol. The van der Waals surface area contributed by atoms with Crippen LogP contribution in [0.5, 0.6) is 5.75 Å². The lowest BCUT2D eigenvalue weighted by atomic mass is 9.98. The summed E-state index contributed by atoms with van der Waals surface area (Å²) in [4.78, 5) is 53.5. The number of hydrogen-bond acceptors (Lipinski definition) is 7. The van der Waals surface area contributed by atoms with Crippen LogP contribution in [-0.4, -0.2) is 43.5 Å². The van der Waals surface area contributed by atoms with E-state index in [1.54, 1.807) is 31.2 Å². The fourth-order valence-corrected chi connectivity index (χ4v) is 5.28. The maximum Gasteiger partial charge on any atom is 0.335 e. The number of fused-ring (bicyclic) bond motifs is 3. The zero-order valence-electron chi connectivity index (χ0n) is 21.2. The van der Waals surface area contributed by atoms with Crippen LogP contribution in [0.25, 0.3) is 5.65 Å². The van der Waals surface area contributed by atoms with Crippen molar-refractivity contribution in [2.24, 2.45) is 0 Å². The number of carbonyl (C=O) groups excluding carboxylic acids is 3. The molecule has 2 amide bonds. The number of carboxylic acids is 1. The standard InChI is InChI=1S/C28H22FN5O6/c1-13-16-5-6-20(18(16)4-3-17(13)28(38)39)33-27(37)22-10-21(32-25-19(29)12-31-34(22)25)26(36)30-11-14-2-7-23-15(8-14)9-24(35)40-23/h2-4,7-8,10,12,20H,5-6,9,11H2,1H3,(H,30,36)(H,33,37)(H,38,39)/t20-/m0/s1. The van der Waals surface area contributed by atoms with Crippen molar-refractivity contribution in [2.75, 3.05) is 0 Å². The van der Waals surface area contributed by atoms with Gasteiger partial charge in [-0.2, -0.15) is 5.10 Å². The van der Waals surface area contributed by atoms with Gasteiger partial charge in [0.25, 0.3) is 11.8 Å². The number of ether oxygens (including phenoxy) is 1. The van der Waals surface area contributed by atoms with Crippen molar-refractivity contribution >= 4 is 29.4 Å². The minimum Gasteiger partial charge on any atom is -0.478 e. The van der Waals surface area contributed by atoms with Gasteiger partial charge in [0, 0.05) is 18.2 Å². The third-order valence-corrected chi connectivity index (χ3v) is 7.26. The number of nitrogens with one attached hydrogen (secondary N) is 2. The zero-order chi connectivity index (χ0) is 28.1. The van der Waals surface area contributed by atoms with Gasteiger partial charge in [-0.05, 0) is 60.2 Å². The van der Waals surface area contributed by atoms with Gasteiger partial charge in [0.1, 0.15) is 17.1 Å². The summed E-state index contributed by atoms with van der Waals surface area (Å²) >= 11 is 0. The first-order valence-corrected chi connectivity index (χ1v) is 12.5. The van der Waals surface area contributed by atoms with Crippen LogP contribution in [-0.2, 0) is 24.2 Å². The van der Waals surface area contributed by atoms with E-state index in [1.165, 1.54) is 12.1 Å². The second kappa shape index (κ2) is 9.56. The number of benzene rings is 2.